The molecule has 0 aromatic carbocycles. The highest BCUT2D eigenvalue weighted by atomic mass is 16.2. The topological polar surface area (TPSA) is 39.7 Å². The number of likely N-dealkylation sites (N-methyl/N-ethyl adjacent to an activating group) is 1. The van der Waals surface area contributed by atoms with Gasteiger partial charge in [-0.3, -0.25) is 4.79 Å². The van der Waals surface area contributed by atoms with Gasteiger partial charge in [0.15, 0.2) is 0 Å². The van der Waals surface area contributed by atoms with E-state index in [0.717, 1.165) is 44.0 Å². The van der Waals surface area contributed by atoms with Gasteiger partial charge in [-0.15, -0.1) is 0 Å². The molecule has 2 unspecified atom stereocenters. The molecule has 2 fully saturated rings. The Morgan fingerprint density at radius 1 is 1.30 bits per heavy atom. The van der Waals surface area contributed by atoms with E-state index in [-0.39, 0.29) is 5.91 Å². The van der Waals surface area contributed by atoms with E-state index in [1.807, 2.05) is 33.2 Å². The summed E-state index contributed by atoms with van der Waals surface area (Å²) in [5, 5.41) is 0. The van der Waals surface area contributed by atoms with Crippen molar-refractivity contribution in [1.29, 1.82) is 0 Å². The lowest BCUT2D eigenvalue weighted by Gasteiger charge is -2.41. The number of hydrogen-bond acceptors (Lipinski definition) is 4. The minimum absolute atomic E-state index is 0.163. The second-order valence-electron chi connectivity index (χ2n) is 6.84. The second-order valence-corrected chi connectivity index (χ2v) is 6.84. The van der Waals surface area contributed by atoms with Crippen molar-refractivity contribution in [3.63, 3.8) is 0 Å². The van der Waals surface area contributed by atoms with Crippen LogP contribution in [0.1, 0.15) is 18.5 Å². The Kier molecular flexibility index (Phi) is 4.66. The maximum atomic E-state index is 12.5. The summed E-state index contributed by atoms with van der Waals surface area (Å²) in [7, 11) is 4.01. The summed E-state index contributed by atoms with van der Waals surface area (Å²) in [5.41, 5.74) is 1.04. The summed E-state index contributed by atoms with van der Waals surface area (Å²) in [6, 6.07) is 6.77. The number of piperazine rings is 1. The molecule has 0 N–H and O–H groups in total. The largest absolute Gasteiger partial charge is 0.352 e. The number of carbonyl (C=O) groups excluding carboxylic acids is 1. The van der Waals surface area contributed by atoms with Gasteiger partial charge in [-0.2, -0.15) is 0 Å². The van der Waals surface area contributed by atoms with E-state index in [4.69, 9.17) is 0 Å². The smallest absolute Gasteiger partial charge is 0.246 e. The van der Waals surface area contributed by atoms with Crippen LogP contribution in [-0.2, 0) is 4.79 Å². The lowest BCUT2D eigenvalue weighted by atomic mass is 10.1. The van der Waals surface area contributed by atoms with Crippen LogP contribution < -0.4 is 4.90 Å². The number of amides is 1. The normalized spacial score (nSPS) is 24.0. The van der Waals surface area contributed by atoms with Crippen LogP contribution in [0, 0.1) is 6.92 Å². The van der Waals surface area contributed by atoms with Gasteiger partial charge in [0.25, 0.3) is 0 Å². The number of rotatable bonds is 4. The number of pyridine rings is 1. The van der Waals surface area contributed by atoms with Crippen LogP contribution in [0.2, 0.25) is 0 Å². The highest BCUT2D eigenvalue weighted by molar-refractivity contribution is 5.88. The fourth-order valence-corrected chi connectivity index (χ4v) is 3.61. The fourth-order valence-electron chi connectivity index (χ4n) is 3.61. The molecule has 3 rings (SSSR count). The van der Waals surface area contributed by atoms with Crippen molar-refractivity contribution in [2.75, 3.05) is 38.6 Å². The summed E-state index contributed by atoms with van der Waals surface area (Å²) < 4.78 is 0. The SMILES string of the molecule is Cc1cccc(N2CC3CCC(C2)N3C(=O)/C=C/CN(C)C)n1. The quantitative estimate of drug-likeness (QED) is 0.793. The molecule has 3 heterocycles. The lowest BCUT2D eigenvalue weighted by molar-refractivity contribution is -0.129. The summed E-state index contributed by atoms with van der Waals surface area (Å²) in [5.74, 6) is 1.20. The standard InChI is InChI=1S/C18H26N4O/c1-14-6-4-7-17(19-14)21-12-15-9-10-16(13-21)22(15)18(23)8-5-11-20(2)3/h4-8,15-16H,9-13H2,1-3H3/b8-5+. The molecule has 2 bridgehead atoms. The number of hydrogen-bond donors (Lipinski definition) is 0. The van der Waals surface area contributed by atoms with Crippen LogP contribution in [0.4, 0.5) is 5.82 Å². The summed E-state index contributed by atoms with van der Waals surface area (Å²) in [6.45, 7) is 4.60. The Labute approximate surface area is 138 Å². The van der Waals surface area contributed by atoms with Gasteiger partial charge in [0.1, 0.15) is 5.82 Å². The molecule has 2 aliphatic heterocycles. The van der Waals surface area contributed by atoms with Gasteiger partial charge in [-0.25, -0.2) is 4.98 Å². The molecule has 5 nitrogen and oxygen atoms in total. The maximum Gasteiger partial charge on any atom is 0.246 e. The van der Waals surface area contributed by atoms with Crippen molar-refractivity contribution in [3.8, 4) is 0 Å². The molecule has 1 amide bonds. The highest BCUT2D eigenvalue weighted by Crippen LogP contribution is 2.32. The Balaban J connectivity index is 1.67. The van der Waals surface area contributed by atoms with Crippen LogP contribution in [0.3, 0.4) is 0 Å². The second kappa shape index (κ2) is 6.71. The number of aromatic nitrogens is 1. The molecule has 1 aromatic rings. The molecule has 124 valence electrons. The molecule has 1 aromatic heterocycles. The van der Waals surface area contributed by atoms with Crippen molar-refractivity contribution >= 4 is 11.7 Å². The summed E-state index contributed by atoms with van der Waals surface area (Å²) in [4.78, 5) is 23.6. The first-order chi connectivity index (χ1) is 11.0. The molecule has 0 saturated carbocycles. The highest BCUT2D eigenvalue weighted by Gasteiger charge is 2.42. The monoisotopic (exact) mass is 314 g/mol. The number of aryl methyl sites for hydroxylation is 1. The van der Waals surface area contributed by atoms with Crippen molar-refractivity contribution in [2.45, 2.75) is 31.8 Å². The van der Waals surface area contributed by atoms with Gasteiger partial charge in [-0.1, -0.05) is 12.1 Å². The average Bonchev–Trinajstić information content (AvgIpc) is 2.77. The van der Waals surface area contributed by atoms with Crippen LogP contribution in [0.25, 0.3) is 0 Å². The first kappa shape index (κ1) is 16.0. The lowest BCUT2D eigenvalue weighted by Crippen LogP contribution is -2.55. The van der Waals surface area contributed by atoms with Crippen molar-refractivity contribution in [3.05, 3.63) is 36.0 Å². The van der Waals surface area contributed by atoms with Crippen LogP contribution >= 0.6 is 0 Å². The molecular formula is C18H26N4O. The minimum atomic E-state index is 0.163. The van der Waals surface area contributed by atoms with E-state index in [1.54, 1.807) is 6.08 Å². The zero-order chi connectivity index (χ0) is 16.4. The van der Waals surface area contributed by atoms with Gasteiger partial charge in [-0.05, 0) is 46.0 Å². The van der Waals surface area contributed by atoms with E-state index in [0.29, 0.717) is 12.1 Å². The zero-order valence-electron chi connectivity index (χ0n) is 14.3. The molecule has 2 aliphatic rings. The van der Waals surface area contributed by atoms with Gasteiger partial charge in [0.05, 0.1) is 0 Å². The molecule has 0 spiro atoms. The summed E-state index contributed by atoms with van der Waals surface area (Å²) >= 11 is 0. The molecule has 0 aliphatic carbocycles. The van der Waals surface area contributed by atoms with Crippen molar-refractivity contribution in [1.82, 2.24) is 14.8 Å². The van der Waals surface area contributed by atoms with Crippen LogP contribution in [0.5, 0.6) is 0 Å². The van der Waals surface area contributed by atoms with Gasteiger partial charge in [0.2, 0.25) is 5.91 Å². The predicted octanol–water partition coefficient (Wildman–Crippen LogP) is 1.69. The van der Waals surface area contributed by atoms with Gasteiger partial charge >= 0.3 is 0 Å². The number of nitrogens with zero attached hydrogens (tertiary/aromatic N) is 4. The average molecular weight is 314 g/mol. The third-order valence-electron chi connectivity index (χ3n) is 4.67. The molecule has 23 heavy (non-hydrogen) atoms. The van der Waals surface area contributed by atoms with Crippen LogP contribution in [-0.4, -0.2) is 66.5 Å². The molecular weight excluding hydrogens is 288 g/mol. The van der Waals surface area contributed by atoms with Gasteiger partial charge < -0.3 is 14.7 Å². The first-order valence-electron chi connectivity index (χ1n) is 8.37. The Morgan fingerprint density at radius 3 is 2.61 bits per heavy atom. The number of carbonyl (C=O) groups is 1. The molecule has 2 atom stereocenters. The van der Waals surface area contributed by atoms with E-state index in [1.165, 1.54) is 0 Å². The van der Waals surface area contributed by atoms with E-state index in [9.17, 15) is 4.79 Å². The van der Waals surface area contributed by atoms with Crippen molar-refractivity contribution < 1.29 is 4.79 Å². The predicted molar refractivity (Wildman–Crippen MR) is 92.5 cm³/mol. The van der Waals surface area contributed by atoms with Crippen LogP contribution in [0.15, 0.2) is 30.4 Å². The minimum Gasteiger partial charge on any atom is -0.352 e. The van der Waals surface area contributed by atoms with E-state index in [2.05, 4.69) is 31.8 Å². The number of fused-ring (bicyclic) bond motifs is 2. The van der Waals surface area contributed by atoms with E-state index < -0.39 is 0 Å². The first-order valence-corrected chi connectivity index (χ1v) is 8.37. The fraction of sp³-hybridized carbons (Fsp3) is 0.556. The van der Waals surface area contributed by atoms with Gasteiger partial charge in [0, 0.05) is 43.5 Å². The zero-order valence-corrected chi connectivity index (χ0v) is 14.3. The summed E-state index contributed by atoms with van der Waals surface area (Å²) in [6.07, 6.45) is 5.89. The third-order valence-corrected chi connectivity index (χ3v) is 4.67. The molecule has 0 radical (unpaired) electrons. The number of anilines is 1. The Bertz CT molecular complexity index is 584. The van der Waals surface area contributed by atoms with E-state index >= 15 is 0 Å². The Hall–Kier alpha value is -1.88. The third kappa shape index (κ3) is 3.55. The maximum absolute atomic E-state index is 12.5. The Morgan fingerprint density at radius 2 is 2.00 bits per heavy atom. The molecule has 5 heteroatoms. The molecule has 2 saturated heterocycles. The van der Waals surface area contributed by atoms with Crippen molar-refractivity contribution in [2.24, 2.45) is 0 Å².